The van der Waals surface area contributed by atoms with Gasteiger partial charge in [-0.05, 0) is 37.1 Å². The van der Waals surface area contributed by atoms with Gasteiger partial charge in [0, 0.05) is 24.7 Å². The average Bonchev–Trinajstić information content (AvgIpc) is 2.58. The molecule has 5 nitrogen and oxygen atoms in total. The maximum Gasteiger partial charge on any atom is 0.251 e. The fourth-order valence-corrected chi connectivity index (χ4v) is 4.82. The van der Waals surface area contributed by atoms with E-state index in [-0.39, 0.29) is 16.8 Å². The Balaban J connectivity index is 2.04. The van der Waals surface area contributed by atoms with Crippen molar-refractivity contribution in [2.75, 3.05) is 13.1 Å². The number of rotatable bonds is 6. The van der Waals surface area contributed by atoms with Crippen LogP contribution in [0.5, 0.6) is 0 Å². The first-order valence-corrected chi connectivity index (χ1v) is 10.8. The molecule has 1 amide bonds. The highest BCUT2D eigenvalue weighted by atomic mass is 32.2. The molecule has 0 bridgehead atoms. The Morgan fingerprint density at radius 3 is 2.04 bits per heavy atom. The SMILES string of the molecule is CCN(CC)S(=O)(=O)c1ccc(C(=O)NC2CCCCCCC2)cc1. The largest absolute Gasteiger partial charge is 0.349 e. The molecule has 0 radical (unpaired) electrons. The molecular weight excluding hydrogens is 336 g/mol. The first kappa shape index (κ1) is 19.9. The van der Waals surface area contributed by atoms with Crippen molar-refractivity contribution in [3.8, 4) is 0 Å². The third-order valence-electron chi connectivity index (χ3n) is 4.90. The molecule has 6 heteroatoms. The summed E-state index contributed by atoms with van der Waals surface area (Å²) in [6.07, 6.45) is 8.15. The summed E-state index contributed by atoms with van der Waals surface area (Å²) in [5.74, 6) is -0.114. The maximum atomic E-state index is 12.5. The third-order valence-corrected chi connectivity index (χ3v) is 6.96. The zero-order valence-corrected chi connectivity index (χ0v) is 16.1. The molecule has 1 aromatic carbocycles. The number of amides is 1. The van der Waals surface area contributed by atoms with Gasteiger partial charge in [-0.1, -0.05) is 46.0 Å². The number of nitrogens with one attached hydrogen (secondary N) is 1. The van der Waals surface area contributed by atoms with Crippen LogP contribution in [0.1, 0.15) is 69.2 Å². The van der Waals surface area contributed by atoms with Crippen molar-refractivity contribution in [1.29, 1.82) is 0 Å². The zero-order chi connectivity index (χ0) is 18.3. The summed E-state index contributed by atoms with van der Waals surface area (Å²) in [6.45, 7) is 4.50. The number of hydrogen-bond acceptors (Lipinski definition) is 3. The Bertz CT molecular complexity index is 644. The summed E-state index contributed by atoms with van der Waals surface area (Å²) in [7, 11) is -3.48. The molecule has 1 fully saturated rings. The van der Waals surface area contributed by atoms with Crippen LogP contribution in [-0.4, -0.2) is 37.8 Å². The Labute approximate surface area is 151 Å². The van der Waals surface area contributed by atoms with Gasteiger partial charge in [0.25, 0.3) is 5.91 Å². The lowest BCUT2D eigenvalue weighted by Crippen LogP contribution is -2.35. The summed E-state index contributed by atoms with van der Waals surface area (Å²) < 4.78 is 26.4. The van der Waals surface area contributed by atoms with E-state index in [9.17, 15) is 13.2 Å². The molecule has 1 N–H and O–H groups in total. The van der Waals surface area contributed by atoms with E-state index in [0.717, 1.165) is 25.7 Å². The summed E-state index contributed by atoms with van der Waals surface area (Å²) in [5.41, 5.74) is 0.514. The summed E-state index contributed by atoms with van der Waals surface area (Å²) >= 11 is 0. The summed E-state index contributed by atoms with van der Waals surface area (Å²) in [4.78, 5) is 12.7. The molecule has 1 aliphatic rings. The molecular formula is C19H30N2O3S. The fourth-order valence-electron chi connectivity index (χ4n) is 3.36. The van der Waals surface area contributed by atoms with Crippen LogP contribution in [0.15, 0.2) is 29.2 Å². The van der Waals surface area contributed by atoms with Gasteiger partial charge in [0.15, 0.2) is 0 Å². The van der Waals surface area contributed by atoms with Crippen LogP contribution in [0, 0.1) is 0 Å². The van der Waals surface area contributed by atoms with Crippen LogP contribution in [0.25, 0.3) is 0 Å². The highest BCUT2D eigenvalue weighted by Crippen LogP contribution is 2.19. The lowest BCUT2D eigenvalue weighted by Gasteiger charge is -2.21. The van der Waals surface area contributed by atoms with E-state index in [4.69, 9.17) is 0 Å². The molecule has 0 spiro atoms. The van der Waals surface area contributed by atoms with E-state index in [2.05, 4.69) is 5.32 Å². The van der Waals surface area contributed by atoms with Gasteiger partial charge in [0.2, 0.25) is 10.0 Å². The minimum absolute atomic E-state index is 0.114. The molecule has 0 saturated heterocycles. The van der Waals surface area contributed by atoms with E-state index in [1.807, 2.05) is 13.8 Å². The smallest absolute Gasteiger partial charge is 0.251 e. The molecule has 0 atom stereocenters. The van der Waals surface area contributed by atoms with E-state index in [0.29, 0.717) is 18.7 Å². The van der Waals surface area contributed by atoms with Crippen molar-refractivity contribution >= 4 is 15.9 Å². The summed E-state index contributed by atoms with van der Waals surface area (Å²) in [6, 6.07) is 6.50. The van der Waals surface area contributed by atoms with Crippen molar-refractivity contribution in [3.05, 3.63) is 29.8 Å². The number of carbonyl (C=O) groups excluding carboxylic acids is 1. The predicted molar refractivity (Wildman–Crippen MR) is 100 cm³/mol. The van der Waals surface area contributed by atoms with Crippen LogP contribution < -0.4 is 5.32 Å². The number of benzene rings is 1. The van der Waals surface area contributed by atoms with Gasteiger partial charge in [-0.3, -0.25) is 4.79 Å². The molecule has 0 heterocycles. The highest BCUT2D eigenvalue weighted by molar-refractivity contribution is 7.89. The van der Waals surface area contributed by atoms with E-state index >= 15 is 0 Å². The van der Waals surface area contributed by atoms with Gasteiger partial charge in [-0.15, -0.1) is 0 Å². The van der Waals surface area contributed by atoms with Gasteiger partial charge in [0.1, 0.15) is 0 Å². The number of nitrogens with zero attached hydrogens (tertiary/aromatic N) is 1. The highest BCUT2D eigenvalue weighted by Gasteiger charge is 2.22. The van der Waals surface area contributed by atoms with Gasteiger partial charge in [-0.25, -0.2) is 8.42 Å². The second-order valence-corrected chi connectivity index (χ2v) is 8.57. The number of hydrogen-bond donors (Lipinski definition) is 1. The second kappa shape index (κ2) is 9.34. The van der Waals surface area contributed by atoms with Gasteiger partial charge >= 0.3 is 0 Å². The van der Waals surface area contributed by atoms with Crippen LogP contribution in [0.3, 0.4) is 0 Å². The van der Waals surface area contributed by atoms with Crippen molar-refractivity contribution in [1.82, 2.24) is 9.62 Å². The topological polar surface area (TPSA) is 66.5 Å². The molecule has 25 heavy (non-hydrogen) atoms. The molecule has 0 unspecified atom stereocenters. The van der Waals surface area contributed by atoms with Crippen LogP contribution >= 0.6 is 0 Å². The maximum absolute atomic E-state index is 12.5. The standard InChI is InChI=1S/C19H30N2O3S/c1-3-21(4-2)25(23,24)18-14-12-16(13-15-18)19(22)20-17-10-8-6-5-7-9-11-17/h12-15,17H,3-11H2,1-2H3,(H,20,22). The first-order valence-electron chi connectivity index (χ1n) is 9.40. The van der Waals surface area contributed by atoms with Crippen LogP contribution in [0.4, 0.5) is 0 Å². The number of carbonyl (C=O) groups is 1. The zero-order valence-electron chi connectivity index (χ0n) is 15.3. The van der Waals surface area contributed by atoms with Crippen molar-refractivity contribution in [3.63, 3.8) is 0 Å². The minimum atomic E-state index is -3.48. The van der Waals surface area contributed by atoms with Crippen molar-refractivity contribution in [2.45, 2.75) is 69.7 Å². The monoisotopic (exact) mass is 366 g/mol. The molecule has 140 valence electrons. The molecule has 0 aromatic heterocycles. The Morgan fingerprint density at radius 1 is 1.00 bits per heavy atom. The Morgan fingerprint density at radius 2 is 1.52 bits per heavy atom. The quantitative estimate of drug-likeness (QED) is 0.837. The third kappa shape index (κ3) is 5.28. The van der Waals surface area contributed by atoms with E-state index < -0.39 is 10.0 Å². The average molecular weight is 367 g/mol. The Hall–Kier alpha value is -1.40. The lowest BCUT2D eigenvalue weighted by atomic mass is 9.96. The summed E-state index contributed by atoms with van der Waals surface area (Å²) in [5, 5.41) is 3.11. The van der Waals surface area contributed by atoms with Crippen molar-refractivity contribution in [2.24, 2.45) is 0 Å². The normalized spacial score (nSPS) is 17.1. The molecule has 0 aliphatic heterocycles. The Kier molecular flexibility index (Phi) is 7.44. The molecule has 2 rings (SSSR count). The van der Waals surface area contributed by atoms with Crippen LogP contribution in [0.2, 0.25) is 0 Å². The fraction of sp³-hybridized carbons (Fsp3) is 0.632. The van der Waals surface area contributed by atoms with E-state index in [1.54, 1.807) is 12.1 Å². The first-order chi connectivity index (χ1) is 12.0. The van der Waals surface area contributed by atoms with Crippen LogP contribution in [-0.2, 0) is 10.0 Å². The minimum Gasteiger partial charge on any atom is -0.349 e. The van der Waals surface area contributed by atoms with Gasteiger partial charge in [0.05, 0.1) is 4.90 Å². The van der Waals surface area contributed by atoms with Crippen molar-refractivity contribution < 1.29 is 13.2 Å². The molecule has 1 saturated carbocycles. The van der Waals surface area contributed by atoms with E-state index in [1.165, 1.54) is 35.7 Å². The number of sulfonamides is 1. The van der Waals surface area contributed by atoms with Gasteiger partial charge < -0.3 is 5.32 Å². The molecule has 1 aromatic rings. The molecule has 1 aliphatic carbocycles. The second-order valence-electron chi connectivity index (χ2n) is 6.63. The lowest BCUT2D eigenvalue weighted by molar-refractivity contribution is 0.0930. The predicted octanol–water partition coefficient (Wildman–Crippen LogP) is 3.56. The van der Waals surface area contributed by atoms with Gasteiger partial charge in [-0.2, -0.15) is 4.31 Å².